The second-order valence-corrected chi connectivity index (χ2v) is 4.58. The molecule has 1 aromatic rings. The number of nitrogens with two attached hydrogens (primary N) is 1. The van der Waals surface area contributed by atoms with Gasteiger partial charge in [0.25, 0.3) is 0 Å². The van der Waals surface area contributed by atoms with Gasteiger partial charge >= 0.3 is 0 Å². The SMILES string of the molecule is CCC[C@H](N)C(=O)Nc1cc(OC)ccc1Br. The molecule has 0 saturated heterocycles. The van der Waals surface area contributed by atoms with Gasteiger partial charge in [0.2, 0.25) is 5.91 Å². The zero-order valence-electron chi connectivity index (χ0n) is 10.00. The van der Waals surface area contributed by atoms with E-state index in [1.54, 1.807) is 13.2 Å². The smallest absolute Gasteiger partial charge is 0.241 e. The van der Waals surface area contributed by atoms with Crippen LogP contribution in [0.5, 0.6) is 5.75 Å². The molecular weight excluding hydrogens is 284 g/mol. The summed E-state index contributed by atoms with van der Waals surface area (Å²) in [4.78, 5) is 11.8. The summed E-state index contributed by atoms with van der Waals surface area (Å²) in [6, 6.07) is 4.91. The quantitative estimate of drug-likeness (QED) is 0.878. The fraction of sp³-hybridized carbons (Fsp3) is 0.417. The number of rotatable bonds is 5. The van der Waals surface area contributed by atoms with Crippen molar-refractivity contribution in [3.05, 3.63) is 22.7 Å². The van der Waals surface area contributed by atoms with Gasteiger partial charge in [0, 0.05) is 10.5 Å². The van der Waals surface area contributed by atoms with Crippen LogP contribution in [0.25, 0.3) is 0 Å². The Kier molecular flexibility index (Phi) is 5.44. The molecule has 0 aliphatic heterocycles. The minimum atomic E-state index is -0.474. The minimum absolute atomic E-state index is 0.180. The van der Waals surface area contributed by atoms with Gasteiger partial charge in [-0.05, 0) is 34.5 Å². The van der Waals surface area contributed by atoms with Gasteiger partial charge in [-0.25, -0.2) is 0 Å². The van der Waals surface area contributed by atoms with E-state index in [4.69, 9.17) is 10.5 Å². The summed E-state index contributed by atoms with van der Waals surface area (Å²) in [6.07, 6.45) is 1.56. The Labute approximate surface area is 110 Å². The second kappa shape index (κ2) is 6.61. The summed E-state index contributed by atoms with van der Waals surface area (Å²) >= 11 is 3.37. The van der Waals surface area contributed by atoms with Crippen molar-refractivity contribution in [1.82, 2.24) is 0 Å². The maximum Gasteiger partial charge on any atom is 0.241 e. The molecule has 1 atom stereocenters. The van der Waals surface area contributed by atoms with Crippen LogP contribution in [0.4, 0.5) is 5.69 Å². The Morgan fingerprint density at radius 1 is 1.59 bits per heavy atom. The van der Waals surface area contributed by atoms with Gasteiger partial charge in [0.1, 0.15) is 5.75 Å². The number of anilines is 1. The molecule has 1 amide bonds. The lowest BCUT2D eigenvalue weighted by molar-refractivity contribution is -0.117. The average Bonchev–Trinajstić information content (AvgIpc) is 2.32. The first-order valence-electron chi connectivity index (χ1n) is 5.48. The summed E-state index contributed by atoms with van der Waals surface area (Å²) in [5, 5.41) is 2.78. The molecule has 0 aromatic heterocycles. The van der Waals surface area contributed by atoms with Crippen molar-refractivity contribution in [3.63, 3.8) is 0 Å². The summed E-state index contributed by atoms with van der Waals surface area (Å²) in [5.41, 5.74) is 6.41. The standard InChI is InChI=1S/C12H17BrN2O2/c1-3-4-10(14)12(16)15-11-7-8(17-2)5-6-9(11)13/h5-7,10H,3-4,14H2,1-2H3,(H,15,16)/t10-/m0/s1. The number of ether oxygens (including phenoxy) is 1. The number of benzene rings is 1. The normalized spacial score (nSPS) is 12.0. The fourth-order valence-corrected chi connectivity index (χ4v) is 1.74. The number of nitrogens with one attached hydrogen (secondary N) is 1. The van der Waals surface area contributed by atoms with Crippen molar-refractivity contribution in [2.75, 3.05) is 12.4 Å². The highest BCUT2D eigenvalue weighted by molar-refractivity contribution is 9.10. The third-order valence-corrected chi connectivity index (χ3v) is 3.06. The van der Waals surface area contributed by atoms with Crippen LogP contribution >= 0.6 is 15.9 Å². The molecule has 0 aliphatic rings. The summed E-state index contributed by atoms with van der Waals surface area (Å²) in [5.74, 6) is 0.508. The first-order chi connectivity index (χ1) is 8.08. The van der Waals surface area contributed by atoms with E-state index in [1.165, 1.54) is 0 Å². The second-order valence-electron chi connectivity index (χ2n) is 3.73. The van der Waals surface area contributed by atoms with E-state index in [9.17, 15) is 4.79 Å². The van der Waals surface area contributed by atoms with Crippen LogP contribution in [-0.4, -0.2) is 19.1 Å². The molecule has 1 rings (SSSR count). The molecule has 0 heterocycles. The van der Waals surface area contributed by atoms with Gasteiger partial charge in [-0.15, -0.1) is 0 Å². The van der Waals surface area contributed by atoms with Crippen LogP contribution in [0.1, 0.15) is 19.8 Å². The van der Waals surface area contributed by atoms with Crippen LogP contribution in [-0.2, 0) is 4.79 Å². The highest BCUT2D eigenvalue weighted by atomic mass is 79.9. The summed E-state index contributed by atoms with van der Waals surface area (Å²) in [6.45, 7) is 1.99. The molecule has 0 unspecified atom stereocenters. The van der Waals surface area contributed by atoms with Gasteiger partial charge in [-0.3, -0.25) is 4.79 Å². The van der Waals surface area contributed by atoms with E-state index in [0.717, 1.165) is 10.9 Å². The van der Waals surface area contributed by atoms with Crippen LogP contribution < -0.4 is 15.8 Å². The van der Waals surface area contributed by atoms with Crippen LogP contribution in [0.15, 0.2) is 22.7 Å². The minimum Gasteiger partial charge on any atom is -0.497 e. The van der Waals surface area contributed by atoms with E-state index in [0.29, 0.717) is 17.9 Å². The first-order valence-corrected chi connectivity index (χ1v) is 6.27. The zero-order valence-corrected chi connectivity index (χ0v) is 11.6. The van der Waals surface area contributed by atoms with Gasteiger partial charge < -0.3 is 15.8 Å². The molecule has 3 N–H and O–H groups in total. The maximum absolute atomic E-state index is 11.8. The first kappa shape index (κ1) is 14.0. The zero-order chi connectivity index (χ0) is 12.8. The maximum atomic E-state index is 11.8. The lowest BCUT2D eigenvalue weighted by Gasteiger charge is -2.13. The molecule has 0 saturated carbocycles. The lowest BCUT2D eigenvalue weighted by atomic mass is 10.1. The largest absolute Gasteiger partial charge is 0.497 e. The number of hydrogen-bond donors (Lipinski definition) is 2. The Bertz CT molecular complexity index is 396. The van der Waals surface area contributed by atoms with E-state index < -0.39 is 6.04 Å². The highest BCUT2D eigenvalue weighted by Gasteiger charge is 2.13. The van der Waals surface area contributed by atoms with E-state index >= 15 is 0 Å². The molecule has 4 nitrogen and oxygen atoms in total. The molecule has 5 heteroatoms. The number of carbonyl (C=O) groups excluding carboxylic acids is 1. The van der Waals surface area contributed by atoms with Crippen LogP contribution in [0, 0.1) is 0 Å². The van der Waals surface area contributed by atoms with Crippen LogP contribution in [0.2, 0.25) is 0 Å². The van der Waals surface area contributed by atoms with Crippen molar-refractivity contribution in [2.24, 2.45) is 5.73 Å². The van der Waals surface area contributed by atoms with E-state index in [2.05, 4.69) is 21.2 Å². The van der Waals surface area contributed by atoms with Gasteiger partial charge in [-0.2, -0.15) is 0 Å². The van der Waals surface area contributed by atoms with Crippen molar-refractivity contribution in [3.8, 4) is 5.75 Å². The molecular formula is C12H17BrN2O2. The molecule has 0 spiro atoms. The van der Waals surface area contributed by atoms with Crippen LogP contribution in [0.3, 0.4) is 0 Å². The van der Waals surface area contributed by atoms with Crippen molar-refractivity contribution in [1.29, 1.82) is 0 Å². The summed E-state index contributed by atoms with van der Waals surface area (Å²) < 4.78 is 5.90. The van der Waals surface area contributed by atoms with Crippen molar-refractivity contribution in [2.45, 2.75) is 25.8 Å². The number of halogens is 1. The Morgan fingerprint density at radius 2 is 2.29 bits per heavy atom. The monoisotopic (exact) mass is 300 g/mol. The predicted octanol–water partition coefficient (Wildman–Crippen LogP) is 2.52. The topological polar surface area (TPSA) is 64.4 Å². The molecule has 1 aromatic carbocycles. The fourth-order valence-electron chi connectivity index (χ4n) is 1.39. The van der Waals surface area contributed by atoms with Gasteiger partial charge in [0.05, 0.1) is 18.8 Å². The van der Waals surface area contributed by atoms with Gasteiger partial charge in [0.15, 0.2) is 0 Å². The van der Waals surface area contributed by atoms with E-state index in [1.807, 2.05) is 19.1 Å². The van der Waals surface area contributed by atoms with Gasteiger partial charge in [-0.1, -0.05) is 13.3 Å². The molecule has 17 heavy (non-hydrogen) atoms. The molecule has 0 fully saturated rings. The number of carbonyl (C=O) groups is 1. The third-order valence-electron chi connectivity index (χ3n) is 2.37. The summed E-state index contributed by atoms with van der Waals surface area (Å²) in [7, 11) is 1.58. The Hall–Kier alpha value is -1.07. The van der Waals surface area contributed by atoms with Crippen molar-refractivity contribution < 1.29 is 9.53 Å². The molecule has 0 radical (unpaired) electrons. The van der Waals surface area contributed by atoms with E-state index in [-0.39, 0.29) is 5.91 Å². The molecule has 0 bridgehead atoms. The third kappa shape index (κ3) is 4.02. The highest BCUT2D eigenvalue weighted by Crippen LogP contribution is 2.27. The van der Waals surface area contributed by atoms with Crippen molar-refractivity contribution >= 4 is 27.5 Å². The predicted molar refractivity (Wildman–Crippen MR) is 72.2 cm³/mol. The lowest BCUT2D eigenvalue weighted by Crippen LogP contribution is -2.35. The Morgan fingerprint density at radius 3 is 2.88 bits per heavy atom. The average molecular weight is 301 g/mol. The number of hydrogen-bond acceptors (Lipinski definition) is 3. The number of methoxy groups -OCH3 is 1. The molecule has 0 aliphatic carbocycles. The number of amides is 1. The Balaban J connectivity index is 2.76. The molecule has 94 valence electrons.